The lowest BCUT2D eigenvalue weighted by Gasteiger charge is -2.28. The molecule has 0 saturated carbocycles. The monoisotopic (exact) mass is 475 g/mol. The van der Waals surface area contributed by atoms with Crippen molar-refractivity contribution in [2.24, 2.45) is 0 Å². The van der Waals surface area contributed by atoms with Crippen molar-refractivity contribution in [2.75, 3.05) is 19.6 Å². The molecule has 0 radical (unpaired) electrons. The first-order valence-corrected chi connectivity index (χ1v) is 11.7. The summed E-state index contributed by atoms with van der Waals surface area (Å²) in [6, 6.07) is 16.4. The van der Waals surface area contributed by atoms with E-state index in [2.05, 4.69) is 28.1 Å². The number of benzene rings is 2. The van der Waals surface area contributed by atoms with E-state index in [1.807, 2.05) is 24.3 Å². The van der Waals surface area contributed by atoms with Crippen molar-refractivity contribution in [3.05, 3.63) is 98.7 Å². The molecule has 8 heteroatoms. The zero-order valence-electron chi connectivity index (χ0n) is 18.3. The van der Waals surface area contributed by atoms with Crippen molar-refractivity contribution in [1.82, 2.24) is 9.88 Å². The van der Waals surface area contributed by atoms with Crippen LogP contribution < -0.4 is 4.74 Å². The predicted molar refractivity (Wildman–Crippen MR) is 128 cm³/mol. The Labute approximate surface area is 201 Å². The third-order valence-electron chi connectivity index (χ3n) is 6.90. The maximum atomic E-state index is 11.3. The van der Waals surface area contributed by atoms with Gasteiger partial charge in [-0.15, -0.1) is 0 Å². The van der Waals surface area contributed by atoms with Crippen LogP contribution in [-0.2, 0) is 10.3 Å². The highest BCUT2D eigenvalue weighted by Gasteiger charge is 2.59. The molecule has 6 rings (SSSR count). The molecule has 2 aromatic carbocycles. The van der Waals surface area contributed by atoms with Gasteiger partial charge in [-0.2, -0.15) is 0 Å². The number of piperidine rings is 1. The Hall–Kier alpha value is -3.26. The summed E-state index contributed by atoms with van der Waals surface area (Å²) in [6.07, 6.45) is 5.77. The number of nitrogens with zero attached hydrogens (tertiary/aromatic N) is 3. The Balaban J connectivity index is 1.19. The van der Waals surface area contributed by atoms with E-state index in [1.165, 1.54) is 11.6 Å². The maximum absolute atomic E-state index is 11.3. The predicted octanol–water partition coefficient (Wildman–Crippen LogP) is 5.57. The van der Waals surface area contributed by atoms with E-state index in [9.17, 15) is 10.1 Å². The van der Waals surface area contributed by atoms with Crippen molar-refractivity contribution >= 4 is 22.9 Å². The number of fused-ring (bicyclic) bond motifs is 3. The van der Waals surface area contributed by atoms with Gasteiger partial charge in [0.15, 0.2) is 0 Å². The highest BCUT2D eigenvalue weighted by atomic mass is 35.5. The zero-order chi connectivity index (χ0) is 23.3. The number of hydrogen-bond acceptors (Lipinski definition) is 6. The Morgan fingerprint density at radius 3 is 2.85 bits per heavy atom. The minimum absolute atomic E-state index is 0.0426. The summed E-state index contributed by atoms with van der Waals surface area (Å²) in [5.74, 6) is 1.10. The van der Waals surface area contributed by atoms with E-state index in [1.54, 1.807) is 18.3 Å². The molecule has 1 aromatic heterocycles. The molecule has 0 bridgehead atoms. The first-order valence-electron chi connectivity index (χ1n) is 11.3. The largest absolute Gasteiger partial charge is 0.438 e. The summed E-state index contributed by atoms with van der Waals surface area (Å²) in [4.78, 5) is 17.7. The summed E-state index contributed by atoms with van der Waals surface area (Å²) in [5.41, 5.74) is 3.57. The van der Waals surface area contributed by atoms with Crippen LogP contribution in [0.15, 0.2) is 66.9 Å². The van der Waals surface area contributed by atoms with Gasteiger partial charge in [0.25, 0.3) is 5.69 Å². The number of likely N-dealkylation sites (tertiary alicyclic amines) is 1. The fraction of sp³-hybridized carbons (Fsp3) is 0.269. The molecule has 2 atom stereocenters. The quantitative estimate of drug-likeness (QED) is 0.213. The fourth-order valence-electron chi connectivity index (χ4n) is 5.08. The van der Waals surface area contributed by atoms with Crippen LogP contribution in [0.4, 0.5) is 5.69 Å². The molecule has 2 saturated heterocycles. The first kappa shape index (κ1) is 21.3. The van der Waals surface area contributed by atoms with Crippen LogP contribution in [0.1, 0.15) is 29.5 Å². The second-order valence-corrected chi connectivity index (χ2v) is 9.29. The highest BCUT2D eigenvalue weighted by Crippen LogP contribution is 2.52. The van der Waals surface area contributed by atoms with Gasteiger partial charge in [0.05, 0.1) is 4.92 Å². The molecule has 4 heterocycles. The van der Waals surface area contributed by atoms with Crippen molar-refractivity contribution in [3.8, 4) is 11.6 Å². The minimum atomic E-state index is -0.382. The average Bonchev–Trinajstić information content (AvgIpc) is 3.58. The van der Waals surface area contributed by atoms with Crippen molar-refractivity contribution < 1.29 is 14.4 Å². The van der Waals surface area contributed by atoms with Gasteiger partial charge in [-0.3, -0.25) is 10.1 Å². The highest BCUT2D eigenvalue weighted by molar-refractivity contribution is 6.30. The van der Waals surface area contributed by atoms with Crippen LogP contribution in [0.5, 0.6) is 11.6 Å². The number of pyridine rings is 1. The first-order chi connectivity index (χ1) is 16.5. The number of ether oxygens (including phenoxy) is 2. The van der Waals surface area contributed by atoms with Gasteiger partial charge in [0.1, 0.15) is 17.5 Å². The minimum Gasteiger partial charge on any atom is -0.438 e. The second-order valence-electron chi connectivity index (χ2n) is 8.86. The molecule has 172 valence electrons. The number of nitro benzene ring substituents is 1. The Bertz CT molecular complexity index is 1310. The summed E-state index contributed by atoms with van der Waals surface area (Å²) in [6.45, 7) is 2.71. The lowest BCUT2D eigenvalue weighted by atomic mass is 9.89. The lowest BCUT2D eigenvalue weighted by Crippen LogP contribution is -2.38. The van der Waals surface area contributed by atoms with Gasteiger partial charge in [-0.05, 0) is 54.3 Å². The second kappa shape index (κ2) is 8.20. The summed E-state index contributed by atoms with van der Waals surface area (Å²) >= 11 is 6.04. The SMILES string of the molecule is O=[N+]([O-])c1ccc2c(c1)C(=CCCN1CCC3(c4ccc(Cl)cc4)OC3C1)c1cccnc1O2. The van der Waals surface area contributed by atoms with Crippen LogP contribution in [0, 0.1) is 10.1 Å². The number of halogens is 1. The topological polar surface area (TPSA) is 81.0 Å². The third kappa shape index (κ3) is 3.66. The zero-order valence-corrected chi connectivity index (χ0v) is 19.1. The van der Waals surface area contributed by atoms with Crippen LogP contribution in [0.3, 0.4) is 0 Å². The molecular weight excluding hydrogens is 454 g/mol. The molecule has 34 heavy (non-hydrogen) atoms. The van der Waals surface area contributed by atoms with E-state index in [-0.39, 0.29) is 22.3 Å². The smallest absolute Gasteiger partial charge is 0.270 e. The standard InChI is InChI=1S/C26H22ClN3O4/c27-18-7-5-17(6-8-18)26-11-14-29(16-24(26)34-26)13-2-4-20-21-3-1-12-28-25(21)33-23-10-9-19(30(31)32)15-22(20)23/h1,3-10,12,15,24H,2,11,13-14,16H2. The van der Waals surface area contributed by atoms with Crippen LogP contribution in [0.2, 0.25) is 5.02 Å². The number of epoxide rings is 1. The van der Waals surface area contributed by atoms with E-state index < -0.39 is 0 Å². The molecule has 3 aromatic rings. The fourth-order valence-corrected chi connectivity index (χ4v) is 5.20. The molecule has 0 aliphatic carbocycles. The number of rotatable bonds is 5. The lowest BCUT2D eigenvalue weighted by molar-refractivity contribution is -0.384. The molecular formula is C26H22ClN3O4. The molecule has 3 aliphatic rings. The summed E-state index contributed by atoms with van der Waals surface area (Å²) in [7, 11) is 0. The van der Waals surface area contributed by atoms with Crippen LogP contribution >= 0.6 is 11.6 Å². The maximum Gasteiger partial charge on any atom is 0.270 e. The van der Waals surface area contributed by atoms with Crippen molar-refractivity contribution in [2.45, 2.75) is 24.5 Å². The summed E-state index contributed by atoms with van der Waals surface area (Å²) in [5, 5.41) is 12.1. The van der Waals surface area contributed by atoms with Gasteiger partial charge in [0.2, 0.25) is 5.88 Å². The number of nitro groups is 1. The average molecular weight is 476 g/mol. The molecule has 3 aliphatic heterocycles. The third-order valence-corrected chi connectivity index (χ3v) is 7.15. The molecule has 0 spiro atoms. The van der Waals surface area contributed by atoms with E-state index in [0.29, 0.717) is 11.6 Å². The number of non-ortho nitro benzene ring substituents is 1. The van der Waals surface area contributed by atoms with Crippen molar-refractivity contribution in [1.29, 1.82) is 0 Å². The van der Waals surface area contributed by atoms with Gasteiger partial charge >= 0.3 is 0 Å². The van der Waals surface area contributed by atoms with E-state index >= 15 is 0 Å². The van der Waals surface area contributed by atoms with E-state index in [0.717, 1.165) is 54.2 Å². The van der Waals surface area contributed by atoms with Gasteiger partial charge in [-0.1, -0.05) is 29.8 Å². The Morgan fingerprint density at radius 2 is 2.06 bits per heavy atom. The van der Waals surface area contributed by atoms with Crippen LogP contribution in [-0.4, -0.2) is 40.5 Å². The number of hydrogen-bond donors (Lipinski definition) is 0. The van der Waals surface area contributed by atoms with Gasteiger partial charge in [0, 0.05) is 54.1 Å². The Kier molecular flexibility index (Phi) is 5.13. The normalized spacial score (nSPS) is 24.0. The number of aromatic nitrogens is 1. The molecule has 7 nitrogen and oxygen atoms in total. The molecule has 2 fully saturated rings. The van der Waals surface area contributed by atoms with Gasteiger partial charge in [-0.25, -0.2) is 4.98 Å². The van der Waals surface area contributed by atoms with Crippen LogP contribution in [0.25, 0.3) is 5.57 Å². The van der Waals surface area contributed by atoms with Gasteiger partial charge < -0.3 is 14.4 Å². The Morgan fingerprint density at radius 1 is 1.21 bits per heavy atom. The molecule has 2 unspecified atom stereocenters. The summed E-state index contributed by atoms with van der Waals surface area (Å²) < 4.78 is 12.1. The van der Waals surface area contributed by atoms with E-state index in [4.69, 9.17) is 21.1 Å². The molecule has 0 N–H and O–H groups in total. The van der Waals surface area contributed by atoms with Crippen molar-refractivity contribution in [3.63, 3.8) is 0 Å². The molecule has 0 amide bonds.